The Balaban J connectivity index is 1.03. The van der Waals surface area contributed by atoms with Gasteiger partial charge in [0.2, 0.25) is 0 Å². The smallest absolute Gasteiger partial charge is 0.378 e. The molecule has 3 fully saturated rings. The Morgan fingerprint density at radius 3 is 2.78 bits per heavy atom. The summed E-state index contributed by atoms with van der Waals surface area (Å²) in [6.07, 6.45) is 1.40. The Kier molecular flexibility index (Phi) is 8.67. The van der Waals surface area contributed by atoms with Gasteiger partial charge in [-0.05, 0) is 6.92 Å². The molecule has 240 valence electrons. The summed E-state index contributed by atoms with van der Waals surface area (Å²) < 4.78 is 46.2. The second-order valence-corrected chi connectivity index (χ2v) is 12.8. The van der Waals surface area contributed by atoms with Crippen LogP contribution in [0.2, 0.25) is 0 Å². The van der Waals surface area contributed by atoms with Gasteiger partial charge in [0.25, 0.3) is 0 Å². The maximum atomic E-state index is 14.5. The summed E-state index contributed by atoms with van der Waals surface area (Å²) in [4.78, 5) is 14.4. The molecular formula is C32H42BF2N7O3. The molecule has 0 amide bonds. The van der Waals surface area contributed by atoms with E-state index in [9.17, 15) is 8.78 Å². The van der Waals surface area contributed by atoms with Crippen LogP contribution in [0.25, 0.3) is 0 Å². The molecule has 6 heterocycles. The van der Waals surface area contributed by atoms with Gasteiger partial charge >= 0.3 is 190 Å². The van der Waals surface area contributed by atoms with Crippen LogP contribution in [0.15, 0.2) is 35.3 Å². The summed E-state index contributed by atoms with van der Waals surface area (Å²) in [5, 5.41) is 9.59. The number of halogens is 2. The number of anilines is 2. The molecule has 0 bridgehead atoms. The van der Waals surface area contributed by atoms with E-state index in [4.69, 9.17) is 24.2 Å². The Labute approximate surface area is 263 Å². The molecule has 1 aromatic heterocycles. The van der Waals surface area contributed by atoms with Crippen molar-refractivity contribution in [3.8, 4) is 11.6 Å². The van der Waals surface area contributed by atoms with E-state index in [1.165, 1.54) is 0 Å². The van der Waals surface area contributed by atoms with Crippen molar-refractivity contribution < 1.29 is 23.0 Å². The predicted molar refractivity (Wildman–Crippen MR) is 173 cm³/mol. The number of rotatable bonds is 9. The zero-order valence-electron chi connectivity index (χ0n) is 25.9. The normalized spacial score (nSPS) is 29.6. The number of hydrogen-bond acceptors (Lipinski definition) is 10. The predicted octanol–water partition coefficient (Wildman–Crippen LogP) is 2.48. The van der Waals surface area contributed by atoms with Crippen LogP contribution in [0.3, 0.4) is 0 Å². The van der Waals surface area contributed by atoms with Crippen molar-refractivity contribution in [1.29, 1.82) is 0 Å². The van der Waals surface area contributed by atoms with Crippen LogP contribution in [0.5, 0.6) is 11.6 Å². The molecule has 0 aliphatic carbocycles. The van der Waals surface area contributed by atoms with Crippen molar-refractivity contribution in [3.05, 3.63) is 41.5 Å². The fraction of sp³-hybridized carbons (Fsp3) is 0.594. The first-order valence-electron chi connectivity index (χ1n) is 16.1. The summed E-state index contributed by atoms with van der Waals surface area (Å²) in [6, 6.07) is 10.9. The van der Waals surface area contributed by atoms with Crippen molar-refractivity contribution in [2.24, 2.45) is 4.99 Å². The van der Waals surface area contributed by atoms with Crippen LogP contribution >= 0.6 is 0 Å². The van der Waals surface area contributed by atoms with Gasteiger partial charge in [0, 0.05) is 25.7 Å². The third-order valence-electron chi connectivity index (χ3n) is 9.60. The molecule has 4 unspecified atom stereocenters. The Bertz CT molecular complexity index is 1420. The van der Waals surface area contributed by atoms with Crippen LogP contribution in [0.4, 0.5) is 20.3 Å². The van der Waals surface area contributed by atoms with Gasteiger partial charge in [-0.2, -0.15) is 0 Å². The second kappa shape index (κ2) is 12.8. The number of piperazine rings is 1. The Morgan fingerprint density at radius 1 is 1.18 bits per heavy atom. The van der Waals surface area contributed by atoms with E-state index in [0.29, 0.717) is 42.6 Å². The third-order valence-corrected chi connectivity index (χ3v) is 9.60. The van der Waals surface area contributed by atoms with Gasteiger partial charge < -0.3 is 9.64 Å². The third kappa shape index (κ3) is 6.66. The van der Waals surface area contributed by atoms with Crippen molar-refractivity contribution in [2.75, 3.05) is 69.8 Å². The van der Waals surface area contributed by atoms with Crippen LogP contribution in [0, 0.1) is 0 Å². The monoisotopic (exact) mass is 621 g/mol. The fourth-order valence-corrected chi connectivity index (χ4v) is 6.83. The molecule has 5 aliphatic rings. The summed E-state index contributed by atoms with van der Waals surface area (Å²) in [6.45, 7) is 9.73. The summed E-state index contributed by atoms with van der Waals surface area (Å²) in [7, 11) is 1.66. The standard InChI is InChI=1S/C32H42BF2N7O3/c1-20-15-41(23-16-44-17-23)9-10-42(20)26-4-6-29(40-31(26)43-2)39-30-12-22(14-37-19-38-30)21-3-5-27(24(11-21)25-13-33-25)45-28-7-8-36-18-32(28,34)35/h3-6,11,13,19-20,22-23,25,28,30,36H,7-10,12,14-18H2,1-2H3,(H,37,38)(H,39,40)/t20-,22?,25?,28?,30?/m0/s1. The first-order valence-corrected chi connectivity index (χ1v) is 16.1. The molecule has 1 aromatic carbocycles. The molecule has 7 rings (SSSR count). The molecule has 45 heavy (non-hydrogen) atoms. The van der Waals surface area contributed by atoms with Crippen LogP contribution in [-0.2, 0) is 4.74 Å². The number of benzene rings is 1. The Hall–Kier alpha value is -3.29. The minimum Gasteiger partial charge on any atom is -0.378 e. The van der Waals surface area contributed by atoms with Gasteiger partial charge in [0.05, 0.1) is 26.4 Å². The number of methoxy groups -OCH3 is 1. The van der Waals surface area contributed by atoms with Crippen molar-refractivity contribution in [1.82, 2.24) is 20.5 Å². The van der Waals surface area contributed by atoms with Gasteiger partial charge in [0.15, 0.2) is 0 Å². The average molecular weight is 622 g/mol. The molecule has 5 aliphatic heterocycles. The summed E-state index contributed by atoms with van der Waals surface area (Å²) in [5.74, 6) is 1.25. The summed E-state index contributed by atoms with van der Waals surface area (Å²) >= 11 is 0. The van der Waals surface area contributed by atoms with Gasteiger partial charge in [-0.15, -0.1) is 0 Å². The molecule has 10 nitrogen and oxygen atoms in total. The summed E-state index contributed by atoms with van der Waals surface area (Å²) in [5.41, 5.74) is 3.06. The minimum atomic E-state index is -2.90. The van der Waals surface area contributed by atoms with E-state index in [-0.39, 0.29) is 30.9 Å². The van der Waals surface area contributed by atoms with E-state index in [0.717, 1.165) is 56.1 Å². The zero-order chi connectivity index (χ0) is 31.0. The molecule has 5 atom stereocenters. The molecule has 3 N–H and O–H groups in total. The molecule has 2 aromatic rings. The number of aliphatic imine (C=N–C) groups is 1. The minimum absolute atomic E-state index is 0.118. The van der Waals surface area contributed by atoms with E-state index >= 15 is 0 Å². The van der Waals surface area contributed by atoms with Crippen LogP contribution in [0.1, 0.15) is 42.6 Å². The number of alkyl halides is 2. The number of ether oxygens (including phenoxy) is 3. The number of nitrogens with one attached hydrogen (secondary N) is 3. The van der Waals surface area contributed by atoms with Gasteiger partial charge in [-0.3, -0.25) is 4.90 Å². The second-order valence-electron chi connectivity index (χ2n) is 12.8. The average Bonchev–Trinajstić information content (AvgIpc) is 3.86. The number of nitrogens with zero attached hydrogens (tertiary/aromatic N) is 4. The van der Waals surface area contributed by atoms with Gasteiger partial charge in [0.1, 0.15) is 0 Å². The van der Waals surface area contributed by atoms with Crippen LogP contribution in [-0.4, -0.2) is 119 Å². The molecule has 0 radical (unpaired) electrons. The molecule has 0 saturated carbocycles. The van der Waals surface area contributed by atoms with Crippen molar-refractivity contribution in [3.63, 3.8) is 0 Å². The van der Waals surface area contributed by atoms with Crippen molar-refractivity contribution >= 4 is 30.7 Å². The number of aromatic nitrogens is 1. The van der Waals surface area contributed by atoms with E-state index in [1.807, 2.05) is 18.2 Å². The maximum absolute atomic E-state index is 14.5. The zero-order valence-corrected chi connectivity index (χ0v) is 25.9. The Morgan fingerprint density at radius 2 is 2.04 bits per heavy atom. The van der Waals surface area contributed by atoms with Gasteiger partial charge in [-0.1, -0.05) is 0 Å². The first-order chi connectivity index (χ1) is 21.9. The molecule has 13 heteroatoms. The number of hydrogen-bond donors (Lipinski definition) is 3. The topological polar surface area (TPSA) is 95.5 Å². The molecular weight excluding hydrogens is 579 g/mol. The van der Waals surface area contributed by atoms with Gasteiger partial charge in [-0.25, -0.2) is 0 Å². The van der Waals surface area contributed by atoms with Crippen LogP contribution < -0.4 is 30.3 Å². The fourth-order valence-electron chi connectivity index (χ4n) is 6.83. The number of pyridine rings is 1. The first kappa shape index (κ1) is 30.4. The molecule has 0 spiro atoms. The van der Waals surface area contributed by atoms with E-state index in [1.54, 1.807) is 13.4 Å². The van der Waals surface area contributed by atoms with E-state index < -0.39 is 12.0 Å². The number of piperidine rings is 1. The van der Waals surface area contributed by atoms with Crippen molar-refractivity contribution in [2.45, 2.75) is 61.8 Å². The quantitative estimate of drug-likeness (QED) is 0.366. The van der Waals surface area contributed by atoms with E-state index in [2.05, 4.69) is 57.7 Å². The molecule has 3 saturated heterocycles. The SMILES string of the molecule is COc1nc(NC2CC(c3ccc(OC4CCNCC4(F)F)c(C4B=C4)c3)CNC=N2)ccc1N1CCN(C2COC2)C[C@@H]1C.